The van der Waals surface area contributed by atoms with Crippen LogP contribution >= 0.6 is 11.3 Å². The van der Waals surface area contributed by atoms with Gasteiger partial charge < -0.3 is 15.2 Å². The number of benzene rings is 2. The lowest BCUT2D eigenvalue weighted by molar-refractivity contribution is 0.102. The van der Waals surface area contributed by atoms with Crippen LogP contribution < -0.4 is 10.1 Å². The first kappa shape index (κ1) is 15.1. The second-order valence-electron chi connectivity index (χ2n) is 4.87. The normalized spacial score (nSPS) is 10.3. The number of hydrogen-bond acceptors (Lipinski definition) is 4. The van der Waals surface area contributed by atoms with Crippen LogP contribution in [-0.4, -0.2) is 18.1 Å². The van der Waals surface area contributed by atoms with Crippen LogP contribution in [0.2, 0.25) is 0 Å². The minimum Gasteiger partial charge on any atom is -0.506 e. The number of methoxy groups -OCH3 is 1. The Kier molecular flexibility index (Phi) is 4.30. The molecule has 0 saturated heterocycles. The molecule has 2 N–H and O–H groups in total. The zero-order chi connectivity index (χ0) is 16.2. The fraction of sp³-hybridized carbons (Fsp3) is 0.0556. The van der Waals surface area contributed by atoms with Gasteiger partial charge in [-0.1, -0.05) is 18.2 Å². The van der Waals surface area contributed by atoms with Gasteiger partial charge in [-0.3, -0.25) is 4.79 Å². The maximum absolute atomic E-state index is 12.3. The molecule has 116 valence electrons. The molecule has 1 aromatic heterocycles. The van der Waals surface area contributed by atoms with Crippen molar-refractivity contribution in [3.63, 3.8) is 0 Å². The number of rotatable bonds is 4. The van der Waals surface area contributed by atoms with E-state index in [0.717, 1.165) is 16.2 Å². The summed E-state index contributed by atoms with van der Waals surface area (Å²) >= 11 is 1.25. The van der Waals surface area contributed by atoms with E-state index in [2.05, 4.69) is 5.32 Å². The highest BCUT2D eigenvalue weighted by molar-refractivity contribution is 7.17. The standard InChI is InChI=1S/C18H15NO3S/c1-22-14-9-7-12(8-10-14)16-11-15(20)17(23-16)18(21)19-13-5-3-2-4-6-13/h2-11,20H,1H3,(H,19,21). The smallest absolute Gasteiger partial charge is 0.269 e. The Hall–Kier alpha value is -2.79. The number of carbonyl (C=O) groups excluding carboxylic acids is 1. The number of aromatic hydroxyl groups is 1. The van der Waals surface area contributed by atoms with Gasteiger partial charge in [-0.05, 0) is 48.0 Å². The molecule has 0 radical (unpaired) electrons. The second-order valence-corrected chi connectivity index (χ2v) is 5.93. The molecule has 0 atom stereocenters. The maximum atomic E-state index is 12.3. The van der Waals surface area contributed by atoms with Crippen LogP contribution in [0.5, 0.6) is 11.5 Å². The van der Waals surface area contributed by atoms with Gasteiger partial charge in [0.1, 0.15) is 16.4 Å². The first-order chi connectivity index (χ1) is 11.2. The summed E-state index contributed by atoms with van der Waals surface area (Å²) in [5.41, 5.74) is 1.61. The molecule has 0 bridgehead atoms. The molecular weight excluding hydrogens is 310 g/mol. The topological polar surface area (TPSA) is 58.6 Å². The minimum atomic E-state index is -0.321. The van der Waals surface area contributed by atoms with Crippen molar-refractivity contribution in [2.75, 3.05) is 12.4 Å². The molecule has 0 aliphatic heterocycles. The van der Waals surface area contributed by atoms with E-state index in [0.29, 0.717) is 10.6 Å². The van der Waals surface area contributed by atoms with Gasteiger partial charge in [-0.2, -0.15) is 0 Å². The van der Waals surface area contributed by atoms with Crippen molar-refractivity contribution >= 4 is 22.9 Å². The van der Waals surface area contributed by atoms with Gasteiger partial charge >= 0.3 is 0 Å². The molecule has 0 fully saturated rings. The van der Waals surface area contributed by atoms with Crippen molar-refractivity contribution in [1.82, 2.24) is 0 Å². The van der Waals surface area contributed by atoms with Crippen molar-refractivity contribution in [1.29, 1.82) is 0 Å². The Morgan fingerprint density at radius 3 is 2.43 bits per heavy atom. The van der Waals surface area contributed by atoms with Crippen LogP contribution in [0.1, 0.15) is 9.67 Å². The molecule has 4 nitrogen and oxygen atoms in total. The predicted octanol–water partition coefficient (Wildman–Crippen LogP) is 4.38. The van der Waals surface area contributed by atoms with E-state index in [-0.39, 0.29) is 11.7 Å². The quantitative estimate of drug-likeness (QED) is 0.748. The summed E-state index contributed by atoms with van der Waals surface area (Å²) in [5.74, 6) is 0.421. The molecule has 3 rings (SSSR count). The summed E-state index contributed by atoms with van der Waals surface area (Å²) in [4.78, 5) is 13.4. The monoisotopic (exact) mass is 325 g/mol. The first-order valence-corrected chi connectivity index (χ1v) is 7.82. The molecule has 23 heavy (non-hydrogen) atoms. The molecule has 0 aliphatic rings. The van der Waals surface area contributed by atoms with E-state index in [1.54, 1.807) is 25.3 Å². The Morgan fingerprint density at radius 1 is 1.09 bits per heavy atom. The molecule has 0 saturated carbocycles. The van der Waals surface area contributed by atoms with Crippen molar-refractivity contribution < 1.29 is 14.6 Å². The van der Waals surface area contributed by atoms with Crippen LogP contribution in [0.15, 0.2) is 60.7 Å². The zero-order valence-corrected chi connectivity index (χ0v) is 13.3. The zero-order valence-electron chi connectivity index (χ0n) is 12.4. The molecule has 2 aromatic carbocycles. The summed E-state index contributed by atoms with van der Waals surface area (Å²) in [6.07, 6.45) is 0. The lowest BCUT2D eigenvalue weighted by Crippen LogP contribution is -2.09. The highest BCUT2D eigenvalue weighted by atomic mass is 32.1. The molecule has 1 heterocycles. The molecular formula is C18H15NO3S. The lowest BCUT2D eigenvalue weighted by atomic mass is 10.2. The first-order valence-electron chi connectivity index (χ1n) is 7.01. The third-order valence-corrected chi connectivity index (χ3v) is 4.50. The van der Waals surface area contributed by atoms with Gasteiger partial charge in [0.05, 0.1) is 7.11 Å². The molecule has 3 aromatic rings. The number of ether oxygens (including phenoxy) is 1. The summed E-state index contributed by atoms with van der Waals surface area (Å²) in [7, 11) is 1.61. The lowest BCUT2D eigenvalue weighted by Gasteiger charge is -2.03. The Balaban J connectivity index is 1.84. The van der Waals surface area contributed by atoms with E-state index >= 15 is 0 Å². The summed E-state index contributed by atoms with van der Waals surface area (Å²) in [5, 5.41) is 12.8. The van der Waals surface area contributed by atoms with Crippen molar-refractivity contribution in [2.45, 2.75) is 0 Å². The van der Waals surface area contributed by atoms with E-state index in [9.17, 15) is 9.90 Å². The van der Waals surface area contributed by atoms with Crippen molar-refractivity contribution in [3.05, 3.63) is 65.5 Å². The van der Waals surface area contributed by atoms with E-state index in [4.69, 9.17) is 4.74 Å². The number of hydrogen-bond donors (Lipinski definition) is 2. The van der Waals surface area contributed by atoms with Crippen LogP contribution in [0.4, 0.5) is 5.69 Å². The molecule has 0 spiro atoms. The number of amides is 1. The fourth-order valence-electron chi connectivity index (χ4n) is 2.15. The average molecular weight is 325 g/mol. The third-order valence-electron chi connectivity index (χ3n) is 3.32. The predicted molar refractivity (Wildman–Crippen MR) is 92.4 cm³/mol. The van der Waals surface area contributed by atoms with Crippen LogP contribution in [-0.2, 0) is 0 Å². The van der Waals surface area contributed by atoms with Crippen LogP contribution in [0, 0.1) is 0 Å². The number of carbonyl (C=O) groups is 1. The summed E-state index contributed by atoms with van der Waals surface area (Å²) < 4.78 is 5.13. The summed E-state index contributed by atoms with van der Waals surface area (Å²) in [6.45, 7) is 0. The van der Waals surface area contributed by atoms with Gasteiger partial charge in [0.2, 0.25) is 0 Å². The summed E-state index contributed by atoms with van der Waals surface area (Å²) in [6, 6.07) is 18.2. The van der Waals surface area contributed by atoms with E-state index < -0.39 is 0 Å². The van der Waals surface area contributed by atoms with Crippen molar-refractivity contribution in [2.24, 2.45) is 0 Å². The Labute approximate surface area is 138 Å². The van der Waals surface area contributed by atoms with Crippen LogP contribution in [0.25, 0.3) is 10.4 Å². The molecule has 0 unspecified atom stereocenters. The number of nitrogens with one attached hydrogen (secondary N) is 1. The molecule has 1 amide bonds. The number of anilines is 1. The highest BCUT2D eigenvalue weighted by Gasteiger charge is 2.17. The number of para-hydroxylation sites is 1. The van der Waals surface area contributed by atoms with Gasteiger partial charge in [0, 0.05) is 10.6 Å². The Morgan fingerprint density at radius 2 is 1.78 bits per heavy atom. The largest absolute Gasteiger partial charge is 0.506 e. The average Bonchev–Trinajstić information content (AvgIpc) is 2.98. The van der Waals surface area contributed by atoms with Gasteiger partial charge in [0.25, 0.3) is 5.91 Å². The molecule has 0 aliphatic carbocycles. The minimum absolute atomic E-state index is 0.0192. The van der Waals surface area contributed by atoms with E-state index in [1.807, 2.05) is 42.5 Å². The van der Waals surface area contributed by atoms with Gasteiger partial charge in [0.15, 0.2) is 0 Å². The van der Waals surface area contributed by atoms with E-state index in [1.165, 1.54) is 11.3 Å². The van der Waals surface area contributed by atoms with Crippen LogP contribution in [0.3, 0.4) is 0 Å². The fourth-order valence-corrected chi connectivity index (χ4v) is 3.10. The van der Waals surface area contributed by atoms with Crippen molar-refractivity contribution in [3.8, 4) is 21.9 Å². The van der Waals surface area contributed by atoms with Gasteiger partial charge in [-0.25, -0.2) is 0 Å². The Bertz CT molecular complexity index is 810. The van der Waals surface area contributed by atoms with Gasteiger partial charge in [-0.15, -0.1) is 11.3 Å². The third kappa shape index (κ3) is 3.35. The SMILES string of the molecule is COc1ccc(-c2cc(O)c(C(=O)Nc3ccccc3)s2)cc1. The number of thiophene rings is 1. The second kappa shape index (κ2) is 6.54. The molecule has 5 heteroatoms. The highest BCUT2D eigenvalue weighted by Crippen LogP contribution is 2.36. The maximum Gasteiger partial charge on any atom is 0.269 e.